The summed E-state index contributed by atoms with van der Waals surface area (Å²) in [5.41, 5.74) is 3.57. The van der Waals surface area contributed by atoms with E-state index >= 15 is 0 Å². The number of ether oxygens (including phenoxy) is 1. The zero-order valence-corrected chi connectivity index (χ0v) is 25.8. The second-order valence-electron chi connectivity index (χ2n) is 11.6. The van der Waals surface area contributed by atoms with Gasteiger partial charge >= 0.3 is 0 Å². The van der Waals surface area contributed by atoms with Crippen LogP contribution in [0.4, 0.5) is 0 Å². The van der Waals surface area contributed by atoms with Crippen molar-refractivity contribution in [2.24, 2.45) is 16.7 Å². The maximum atomic E-state index is 13.3. The van der Waals surface area contributed by atoms with E-state index < -0.39 is 0 Å². The van der Waals surface area contributed by atoms with E-state index in [1.54, 1.807) is 22.9 Å². The van der Waals surface area contributed by atoms with E-state index in [-0.39, 0.29) is 22.8 Å². The summed E-state index contributed by atoms with van der Waals surface area (Å²) >= 11 is 18.8. The average molecular weight is 591 g/mol. The summed E-state index contributed by atoms with van der Waals surface area (Å²) in [6.07, 6.45) is 3.60. The summed E-state index contributed by atoms with van der Waals surface area (Å²) in [5.74, 6) is 0.375. The molecule has 1 aliphatic carbocycles. The van der Waals surface area contributed by atoms with Crippen molar-refractivity contribution in [1.82, 2.24) is 15.1 Å². The van der Waals surface area contributed by atoms with Crippen LogP contribution in [0, 0.1) is 23.7 Å². The van der Waals surface area contributed by atoms with Gasteiger partial charge in [0.05, 0.1) is 29.1 Å². The Balaban J connectivity index is 1.52. The topological polar surface area (TPSA) is 56.1 Å². The van der Waals surface area contributed by atoms with Crippen molar-refractivity contribution in [3.05, 3.63) is 68.8 Å². The first-order chi connectivity index (χ1) is 18.4. The Morgan fingerprint density at radius 3 is 2.36 bits per heavy atom. The molecule has 0 radical (unpaired) electrons. The Bertz CT molecular complexity index is 1330. The highest BCUT2D eigenvalue weighted by Gasteiger charge is 2.54. The summed E-state index contributed by atoms with van der Waals surface area (Å²) in [5, 5.41) is 9.29. The fraction of sp³-hybridized carbons (Fsp3) is 0.484. The summed E-state index contributed by atoms with van der Waals surface area (Å²) in [7, 11) is 0. The van der Waals surface area contributed by atoms with Gasteiger partial charge in [-0.15, -0.1) is 0 Å². The minimum Gasteiger partial charge on any atom is -0.376 e. The molecular weight excluding hydrogens is 553 g/mol. The lowest BCUT2D eigenvalue weighted by molar-refractivity contribution is -0.0387. The number of carbonyl (C=O) groups excluding carboxylic acids is 1. The molecule has 1 fully saturated rings. The number of hydrogen-bond acceptors (Lipinski definition) is 3. The second kappa shape index (κ2) is 11.8. The fourth-order valence-electron chi connectivity index (χ4n) is 5.83. The molecule has 5 nitrogen and oxygen atoms in total. The van der Waals surface area contributed by atoms with Crippen LogP contribution >= 0.6 is 34.8 Å². The van der Waals surface area contributed by atoms with Gasteiger partial charge in [-0.05, 0) is 60.4 Å². The van der Waals surface area contributed by atoms with Crippen LogP contribution in [0.3, 0.4) is 0 Å². The van der Waals surface area contributed by atoms with Crippen LogP contribution in [-0.4, -0.2) is 34.9 Å². The highest BCUT2D eigenvalue weighted by atomic mass is 35.5. The van der Waals surface area contributed by atoms with Crippen LogP contribution in [0.5, 0.6) is 0 Å². The Morgan fingerprint density at radius 2 is 1.72 bits per heavy atom. The Kier molecular flexibility index (Phi) is 9.07. The van der Waals surface area contributed by atoms with Crippen molar-refractivity contribution in [2.75, 3.05) is 13.2 Å². The van der Waals surface area contributed by atoms with Crippen LogP contribution in [0.25, 0.3) is 16.9 Å². The van der Waals surface area contributed by atoms with Gasteiger partial charge < -0.3 is 10.1 Å². The van der Waals surface area contributed by atoms with E-state index in [9.17, 15) is 4.79 Å². The zero-order chi connectivity index (χ0) is 28.5. The van der Waals surface area contributed by atoms with Gasteiger partial charge in [-0.3, -0.25) is 4.79 Å². The third kappa shape index (κ3) is 5.88. The minimum atomic E-state index is -0.259. The van der Waals surface area contributed by atoms with E-state index in [4.69, 9.17) is 44.6 Å². The third-order valence-corrected chi connectivity index (χ3v) is 9.71. The molecule has 0 aliphatic heterocycles. The summed E-state index contributed by atoms with van der Waals surface area (Å²) in [6.45, 7) is 14.3. The average Bonchev–Trinajstić information content (AvgIpc) is 3.29. The van der Waals surface area contributed by atoms with Crippen molar-refractivity contribution < 1.29 is 9.53 Å². The van der Waals surface area contributed by atoms with Crippen molar-refractivity contribution in [3.8, 4) is 16.9 Å². The first kappa shape index (κ1) is 29.9. The van der Waals surface area contributed by atoms with Gasteiger partial charge in [0, 0.05) is 27.7 Å². The van der Waals surface area contributed by atoms with Gasteiger partial charge in [-0.1, -0.05) is 94.4 Å². The predicted molar refractivity (Wildman–Crippen MR) is 161 cm³/mol. The lowest BCUT2D eigenvalue weighted by Gasteiger charge is -2.41. The Morgan fingerprint density at radius 1 is 1.05 bits per heavy atom. The molecule has 2 atom stereocenters. The van der Waals surface area contributed by atoms with Crippen LogP contribution in [0.1, 0.15) is 69.9 Å². The van der Waals surface area contributed by atoms with Crippen LogP contribution in [-0.2, 0) is 4.74 Å². The molecule has 2 unspecified atom stereocenters. The number of halogens is 3. The van der Waals surface area contributed by atoms with Gasteiger partial charge in [0.1, 0.15) is 0 Å². The molecule has 3 aromatic rings. The molecule has 4 rings (SSSR count). The van der Waals surface area contributed by atoms with E-state index in [0.29, 0.717) is 45.5 Å². The molecule has 1 heterocycles. The number of rotatable bonds is 9. The second-order valence-corrected chi connectivity index (χ2v) is 12.9. The van der Waals surface area contributed by atoms with Gasteiger partial charge in [0.15, 0.2) is 5.69 Å². The van der Waals surface area contributed by atoms with Gasteiger partial charge in [-0.25, -0.2) is 4.68 Å². The smallest absolute Gasteiger partial charge is 0.272 e. The van der Waals surface area contributed by atoms with Crippen LogP contribution < -0.4 is 5.32 Å². The first-order valence-corrected chi connectivity index (χ1v) is 14.7. The lowest BCUT2D eigenvalue weighted by atomic mass is 9.65. The van der Waals surface area contributed by atoms with Crippen LogP contribution in [0.15, 0.2) is 42.5 Å². The largest absolute Gasteiger partial charge is 0.376 e. The molecule has 39 heavy (non-hydrogen) atoms. The maximum Gasteiger partial charge on any atom is 0.272 e. The first-order valence-electron chi connectivity index (χ1n) is 13.6. The Labute approximate surface area is 247 Å². The predicted octanol–water partition coefficient (Wildman–Crippen LogP) is 8.80. The van der Waals surface area contributed by atoms with E-state index in [1.807, 2.05) is 31.2 Å². The highest BCUT2D eigenvalue weighted by Crippen LogP contribution is 2.58. The van der Waals surface area contributed by atoms with Crippen LogP contribution in [0.2, 0.25) is 15.1 Å². The van der Waals surface area contributed by atoms with E-state index in [1.165, 1.54) is 12.8 Å². The SMILES string of the molecule is CCCC1CC(OCCNC(=O)c2nn(-c3ccc(Cl)cc3Cl)c(-c3ccc(Cl)cc3)c2C)C(C)(C)C1(C)C. The molecule has 210 valence electrons. The molecule has 1 saturated carbocycles. The number of nitrogens with one attached hydrogen (secondary N) is 1. The molecule has 1 aliphatic rings. The standard InChI is InChI=1S/C31H38Cl3N3O2/c1-7-8-21-17-26(31(5,6)30(21,3)4)39-16-15-35-29(38)27-19(2)28(20-9-11-22(32)12-10-20)37(36-27)25-14-13-23(33)18-24(25)34/h9-14,18,21,26H,7-8,15-17H2,1-6H3,(H,35,38). The summed E-state index contributed by atoms with van der Waals surface area (Å²) < 4.78 is 8.06. The Hall–Kier alpha value is -2.05. The number of aromatic nitrogens is 2. The van der Waals surface area contributed by atoms with Crippen molar-refractivity contribution in [1.29, 1.82) is 0 Å². The number of benzene rings is 2. The molecule has 1 N–H and O–H groups in total. The van der Waals surface area contributed by atoms with Crippen molar-refractivity contribution in [2.45, 2.75) is 66.9 Å². The zero-order valence-electron chi connectivity index (χ0n) is 23.6. The van der Waals surface area contributed by atoms with Crippen molar-refractivity contribution in [3.63, 3.8) is 0 Å². The molecule has 1 amide bonds. The molecule has 0 bridgehead atoms. The molecule has 2 aromatic carbocycles. The summed E-state index contributed by atoms with van der Waals surface area (Å²) in [4.78, 5) is 13.3. The molecule has 0 spiro atoms. The molecule has 8 heteroatoms. The molecular formula is C31H38Cl3N3O2. The number of carbonyl (C=O) groups is 1. The number of nitrogens with zero attached hydrogens (tertiary/aromatic N) is 2. The monoisotopic (exact) mass is 589 g/mol. The molecule has 1 aromatic heterocycles. The number of amides is 1. The highest BCUT2D eigenvalue weighted by molar-refractivity contribution is 6.35. The normalized spacial score (nSPS) is 19.8. The summed E-state index contributed by atoms with van der Waals surface area (Å²) in [6, 6.07) is 12.6. The molecule has 0 saturated heterocycles. The number of hydrogen-bond donors (Lipinski definition) is 1. The van der Waals surface area contributed by atoms with Gasteiger partial charge in [0.25, 0.3) is 5.91 Å². The van der Waals surface area contributed by atoms with E-state index in [0.717, 1.165) is 23.2 Å². The maximum absolute atomic E-state index is 13.3. The lowest BCUT2D eigenvalue weighted by Crippen LogP contribution is -2.39. The minimum absolute atomic E-state index is 0.0531. The quantitative estimate of drug-likeness (QED) is 0.253. The van der Waals surface area contributed by atoms with Gasteiger partial charge in [-0.2, -0.15) is 5.10 Å². The van der Waals surface area contributed by atoms with Gasteiger partial charge in [0.2, 0.25) is 0 Å². The van der Waals surface area contributed by atoms with Crippen molar-refractivity contribution >= 4 is 40.7 Å². The van der Waals surface area contributed by atoms with E-state index in [2.05, 4.69) is 39.9 Å². The fourth-order valence-corrected chi connectivity index (χ4v) is 6.44. The third-order valence-electron chi connectivity index (χ3n) is 8.92.